The van der Waals surface area contributed by atoms with Crippen molar-refractivity contribution in [1.82, 2.24) is 0 Å². The molecule has 0 heterocycles. The van der Waals surface area contributed by atoms with E-state index in [0.717, 1.165) is 0 Å². The van der Waals surface area contributed by atoms with E-state index in [1.807, 2.05) is 0 Å². The van der Waals surface area contributed by atoms with Gasteiger partial charge in [-0.1, -0.05) is 7.92 Å². The van der Waals surface area contributed by atoms with Gasteiger partial charge in [-0.15, -0.1) is 12.4 Å². The number of aliphatic carboxylic acids is 3. The summed E-state index contributed by atoms with van der Waals surface area (Å²) in [4.78, 5) is 32.5. The average molecular weight is 287 g/mol. The van der Waals surface area contributed by atoms with Crippen LogP contribution < -0.4 is 0 Å². The molecule has 100 valence electrons. The highest BCUT2D eigenvalue weighted by atomic mass is 35.5. The fraction of sp³-hybridized carbons (Fsp3) is 0.667. The quantitative estimate of drug-likeness (QED) is 0.635. The van der Waals surface area contributed by atoms with Gasteiger partial charge in [0.1, 0.15) is 0 Å². The van der Waals surface area contributed by atoms with Gasteiger partial charge in [0.25, 0.3) is 0 Å². The summed E-state index contributed by atoms with van der Waals surface area (Å²) in [6.07, 6.45) is 0. The first kappa shape index (κ1) is 18.5. The Morgan fingerprint density at radius 3 is 1.06 bits per heavy atom. The first-order valence-electron chi connectivity index (χ1n) is 4.66. The van der Waals surface area contributed by atoms with Gasteiger partial charge in [-0.05, 0) is 20.8 Å². The van der Waals surface area contributed by atoms with Gasteiger partial charge in [-0.25, -0.2) is 0 Å². The summed E-state index contributed by atoms with van der Waals surface area (Å²) < 4.78 is 0. The molecule has 0 aliphatic heterocycles. The summed E-state index contributed by atoms with van der Waals surface area (Å²) in [6, 6.07) is 0. The number of rotatable bonds is 6. The molecule has 0 aliphatic rings. The molecule has 8 heteroatoms. The van der Waals surface area contributed by atoms with Crippen LogP contribution in [0.25, 0.3) is 0 Å². The van der Waals surface area contributed by atoms with E-state index >= 15 is 0 Å². The molecular weight excluding hydrogens is 271 g/mol. The van der Waals surface area contributed by atoms with Crippen LogP contribution in [0.4, 0.5) is 0 Å². The van der Waals surface area contributed by atoms with E-state index < -0.39 is 42.8 Å². The van der Waals surface area contributed by atoms with Gasteiger partial charge in [0, 0.05) is 0 Å². The van der Waals surface area contributed by atoms with Crippen LogP contribution in [0.5, 0.6) is 0 Å². The minimum absolute atomic E-state index is 0. The molecule has 0 bridgehead atoms. The summed E-state index contributed by atoms with van der Waals surface area (Å²) >= 11 is 0. The number of hydrogen-bond acceptors (Lipinski definition) is 3. The first-order chi connectivity index (χ1) is 7.20. The van der Waals surface area contributed by atoms with Gasteiger partial charge >= 0.3 is 17.9 Å². The Morgan fingerprint density at radius 2 is 0.941 bits per heavy atom. The van der Waals surface area contributed by atoms with E-state index in [1.165, 1.54) is 20.8 Å². The lowest BCUT2D eigenvalue weighted by atomic mass is 10.5. The molecule has 3 atom stereocenters. The van der Waals surface area contributed by atoms with Crippen LogP contribution in [0.3, 0.4) is 0 Å². The molecule has 0 fully saturated rings. The van der Waals surface area contributed by atoms with Crippen LogP contribution in [-0.2, 0) is 14.4 Å². The topological polar surface area (TPSA) is 112 Å². The molecule has 6 nitrogen and oxygen atoms in total. The van der Waals surface area contributed by atoms with E-state index in [-0.39, 0.29) is 12.4 Å². The van der Waals surface area contributed by atoms with Crippen molar-refractivity contribution in [3.05, 3.63) is 0 Å². The highest BCUT2D eigenvalue weighted by Crippen LogP contribution is 2.51. The SMILES string of the molecule is CC(C(=O)O)P(C(C)C(=O)O)C(C)C(=O)O.Cl. The van der Waals surface area contributed by atoms with E-state index in [2.05, 4.69) is 0 Å². The van der Waals surface area contributed by atoms with Crippen molar-refractivity contribution in [2.75, 3.05) is 0 Å². The second-order valence-corrected chi connectivity index (χ2v) is 6.71. The van der Waals surface area contributed by atoms with Crippen molar-refractivity contribution in [3.63, 3.8) is 0 Å². The van der Waals surface area contributed by atoms with E-state index in [0.29, 0.717) is 0 Å². The Balaban J connectivity index is 0. The third-order valence-corrected chi connectivity index (χ3v) is 5.76. The molecule has 0 amide bonds. The molecule has 0 aromatic carbocycles. The summed E-state index contributed by atoms with van der Waals surface area (Å²) in [5, 5.41) is 26.5. The molecule has 0 saturated heterocycles. The summed E-state index contributed by atoms with van der Waals surface area (Å²) in [7, 11) is -1.66. The molecule has 0 aliphatic carbocycles. The van der Waals surface area contributed by atoms with Crippen LogP contribution >= 0.6 is 20.3 Å². The lowest BCUT2D eigenvalue weighted by molar-refractivity contribution is -0.136. The van der Waals surface area contributed by atoms with E-state index in [1.54, 1.807) is 0 Å². The molecule has 17 heavy (non-hydrogen) atoms. The van der Waals surface area contributed by atoms with Gasteiger partial charge in [-0.2, -0.15) is 0 Å². The van der Waals surface area contributed by atoms with Crippen molar-refractivity contribution in [1.29, 1.82) is 0 Å². The first-order valence-corrected chi connectivity index (χ1v) is 6.21. The van der Waals surface area contributed by atoms with Gasteiger partial charge in [0.05, 0.1) is 17.0 Å². The van der Waals surface area contributed by atoms with Crippen LogP contribution in [0.2, 0.25) is 0 Å². The Labute approximate surface area is 106 Å². The predicted octanol–water partition coefficient (Wildman–Crippen LogP) is 1.31. The summed E-state index contributed by atoms with van der Waals surface area (Å²) in [5.41, 5.74) is -2.86. The lowest BCUT2D eigenvalue weighted by Crippen LogP contribution is -2.32. The van der Waals surface area contributed by atoms with Crippen LogP contribution in [0.1, 0.15) is 20.8 Å². The number of halogens is 1. The van der Waals surface area contributed by atoms with Gasteiger partial charge in [0.15, 0.2) is 0 Å². The number of carboxylic acid groups (broad SMARTS) is 3. The second kappa shape index (κ2) is 7.45. The molecule has 3 N–H and O–H groups in total. The van der Waals surface area contributed by atoms with E-state index in [4.69, 9.17) is 15.3 Å². The van der Waals surface area contributed by atoms with Gasteiger partial charge in [-0.3, -0.25) is 14.4 Å². The highest BCUT2D eigenvalue weighted by molar-refractivity contribution is 7.62. The van der Waals surface area contributed by atoms with Crippen LogP contribution in [0.15, 0.2) is 0 Å². The van der Waals surface area contributed by atoms with Gasteiger partial charge in [0.2, 0.25) is 0 Å². The molecule has 0 radical (unpaired) electrons. The molecule has 0 saturated carbocycles. The van der Waals surface area contributed by atoms with Crippen molar-refractivity contribution >= 4 is 38.2 Å². The van der Waals surface area contributed by atoms with Crippen molar-refractivity contribution in [2.24, 2.45) is 0 Å². The zero-order valence-corrected chi connectivity index (χ0v) is 11.4. The summed E-state index contributed by atoms with van der Waals surface area (Å²) in [5.74, 6) is -3.48. The third-order valence-electron chi connectivity index (χ3n) is 2.41. The maximum atomic E-state index is 10.8. The third kappa shape index (κ3) is 4.88. The maximum Gasteiger partial charge on any atom is 0.310 e. The van der Waals surface area contributed by atoms with Crippen molar-refractivity contribution < 1.29 is 29.7 Å². The molecule has 0 spiro atoms. The zero-order chi connectivity index (χ0) is 13.0. The zero-order valence-electron chi connectivity index (χ0n) is 9.65. The average Bonchev–Trinajstić information content (AvgIpc) is 2.16. The largest absolute Gasteiger partial charge is 0.481 e. The monoisotopic (exact) mass is 286 g/mol. The Bertz CT molecular complexity index is 260. The predicted molar refractivity (Wildman–Crippen MR) is 65.5 cm³/mol. The second-order valence-electron chi connectivity index (χ2n) is 3.49. The number of carboxylic acids is 3. The molecule has 3 unspecified atom stereocenters. The Morgan fingerprint density at radius 1 is 0.765 bits per heavy atom. The fourth-order valence-electron chi connectivity index (χ4n) is 1.39. The standard InChI is InChI=1S/C9H15O6P.ClH/c1-4(7(10)11)16(5(2)8(12)13)6(3)9(14)15;/h4-6H,1-3H3,(H,10,11)(H,12,13)(H,14,15);1H. The molecule has 0 aromatic heterocycles. The van der Waals surface area contributed by atoms with Crippen LogP contribution in [0, 0.1) is 0 Å². The molecular formula is C9H16ClO6P. The molecule has 0 aromatic rings. The lowest BCUT2D eigenvalue weighted by Gasteiger charge is -2.28. The smallest absolute Gasteiger partial charge is 0.310 e. The Kier molecular flexibility index (Phi) is 8.11. The van der Waals surface area contributed by atoms with Crippen molar-refractivity contribution in [2.45, 2.75) is 37.7 Å². The number of hydrogen-bond donors (Lipinski definition) is 3. The fourth-order valence-corrected chi connectivity index (χ4v) is 4.17. The van der Waals surface area contributed by atoms with E-state index in [9.17, 15) is 14.4 Å². The van der Waals surface area contributed by atoms with Gasteiger partial charge < -0.3 is 15.3 Å². The number of carbonyl (C=O) groups is 3. The minimum Gasteiger partial charge on any atom is -0.481 e. The van der Waals surface area contributed by atoms with Crippen molar-refractivity contribution in [3.8, 4) is 0 Å². The molecule has 0 rings (SSSR count). The maximum absolute atomic E-state index is 10.8. The normalized spacial score (nSPS) is 17.1. The van der Waals surface area contributed by atoms with Crippen LogP contribution in [-0.4, -0.2) is 50.2 Å². The minimum atomic E-state index is -1.66. The highest BCUT2D eigenvalue weighted by Gasteiger charge is 2.38. The summed E-state index contributed by atoms with van der Waals surface area (Å²) in [6.45, 7) is 4.06. The Hall–Kier alpha value is -0.870.